The Labute approximate surface area is 166 Å². The van der Waals surface area contributed by atoms with Crippen molar-refractivity contribution in [1.82, 2.24) is 5.32 Å². The maximum Gasteiger partial charge on any atom is 0.221 e. The second-order valence-electron chi connectivity index (χ2n) is 6.05. The van der Waals surface area contributed by atoms with E-state index in [1.807, 2.05) is 49.4 Å². The Morgan fingerprint density at radius 1 is 1.04 bits per heavy atom. The minimum Gasteiger partial charge on any atom is -0.493 e. The summed E-state index contributed by atoms with van der Waals surface area (Å²) < 4.78 is 10.9. The lowest BCUT2D eigenvalue weighted by molar-refractivity contribution is -0.114. The monoisotopic (exact) mass is 384 g/mol. The largest absolute Gasteiger partial charge is 0.493 e. The van der Waals surface area contributed by atoms with Gasteiger partial charge in [-0.05, 0) is 43.2 Å². The van der Waals surface area contributed by atoms with Crippen molar-refractivity contribution in [1.29, 1.82) is 0 Å². The van der Waals surface area contributed by atoms with Crippen molar-refractivity contribution in [3.8, 4) is 11.5 Å². The van der Waals surface area contributed by atoms with E-state index in [0.29, 0.717) is 30.6 Å². The molecule has 1 amide bonds. The lowest BCUT2D eigenvalue weighted by Gasteiger charge is -2.14. The van der Waals surface area contributed by atoms with Gasteiger partial charge in [-0.15, -0.1) is 0 Å². The summed E-state index contributed by atoms with van der Waals surface area (Å²) in [6, 6.07) is 13.5. The fraction of sp³-hybridized carbons (Fsp3) is 0.333. The van der Waals surface area contributed by atoms with Crippen LogP contribution in [0.25, 0.3) is 0 Å². The van der Waals surface area contributed by atoms with Crippen LogP contribution >= 0.6 is 0 Å². The molecule has 150 valence electrons. The van der Waals surface area contributed by atoms with Gasteiger partial charge in [-0.1, -0.05) is 12.1 Å². The molecule has 0 saturated heterocycles. The van der Waals surface area contributed by atoms with Gasteiger partial charge in [0.15, 0.2) is 17.5 Å². The molecule has 0 unspecified atom stereocenters. The number of guanidine groups is 1. The van der Waals surface area contributed by atoms with E-state index >= 15 is 0 Å². The van der Waals surface area contributed by atoms with Gasteiger partial charge in [0.25, 0.3) is 0 Å². The SMILES string of the molecule is CCOc1ccc(NC(=NC)NCCc2ccc(NC(C)=O)cc2)cc1OC. The molecule has 0 bridgehead atoms. The summed E-state index contributed by atoms with van der Waals surface area (Å²) >= 11 is 0. The first-order chi connectivity index (χ1) is 13.5. The molecule has 2 rings (SSSR count). The summed E-state index contributed by atoms with van der Waals surface area (Å²) in [6.07, 6.45) is 0.827. The van der Waals surface area contributed by atoms with Crippen molar-refractivity contribution in [2.75, 3.05) is 37.9 Å². The van der Waals surface area contributed by atoms with Gasteiger partial charge in [0.1, 0.15) is 0 Å². The summed E-state index contributed by atoms with van der Waals surface area (Å²) in [5.74, 6) is 1.97. The quantitative estimate of drug-likeness (QED) is 0.480. The number of methoxy groups -OCH3 is 1. The number of hydrogen-bond acceptors (Lipinski definition) is 4. The van der Waals surface area contributed by atoms with E-state index in [0.717, 1.165) is 17.8 Å². The third kappa shape index (κ3) is 6.50. The second kappa shape index (κ2) is 10.8. The van der Waals surface area contributed by atoms with Crippen molar-refractivity contribution in [2.24, 2.45) is 4.99 Å². The molecule has 0 saturated carbocycles. The van der Waals surface area contributed by atoms with Crippen LogP contribution in [0.4, 0.5) is 11.4 Å². The molecule has 0 fully saturated rings. The molecule has 3 N–H and O–H groups in total. The van der Waals surface area contributed by atoms with E-state index in [1.165, 1.54) is 12.5 Å². The smallest absolute Gasteiger partial charge is 0.221 e. The van der Waals surface area contributed by atoms with Crippen molar-refractivity contribution >= 4 is 23.2 Å². The summed E-state index contributed by atoms with van der Waals surface area (Å²) in [5.41, 5.74) is 2.82. The fourth-order valence-electron chi connectivity index (χ4n) is 2.62. The number of benzene rings is 2. The molecule has 0 aliphatic carbocycles. The predicted molar refractivity (Wildman–Crippen MR) is 114 cm³/mol. The van der Waals surface area contributed by atoms with Gasteiger partial charge in [0.05, 0.1) is 13.7 Å². The minimum absolute atomic E-state index is 0.0739. The van der Waals surface area contributed by atoms with Gasteiger partial charge < -0.3 is 25.4 Å². The van der Waals surface area contributed by atoms with Crippen LogP contribution in [-0.4, -0.2) is 39.2 Å². The number of hydrogen-bond donors (Lipinski definition) is 3. The molecule has 0 radical (unpaired) electrons. The number of rotatable bonds is 8. The van der Waals surface area contributed by atoms with Crippen molar-refractivity contribution in [2.45, 2.75) is 20.3 Å². The molecule has 2 aromatic rings. The normalized spacial score (nSPS) is 10.9. The van der Waals surface area contributed by atoms with Gasteiger partial charge in [-0.3, -0.25) is 9.79 Å². The first-order valence-electron chi connectivity index (χ1n) is 9.20. The molecule has 2 aromatic carbocycles. The van der Waals surface area contributed by atoms with Crippen LogP contribution in [0.2, 0.25) is 0 Å². The van der Waals surface area contributed by atoms with Crippen LogP contribution < -0.4 is 25.4 Å². The van der Waals surface area contributed by atoms with Crippen molar-refractivity contribution in [3.63, 3.8) is 0 Å². The Kier molecular flexibility index (Phi) is 8.14. The maximum absolute atomic E-state index is 11.1. The van der Waals surface area contributed by atoms with Crippen LogP contribution in [0, 0.1) is 0 Å². The second-order valence-corrected chi connectivity index (χ2v) is 6.05. The molecule has 0 aromatic heterocycles. The van der Waals surface area contributed by atoms with E-state index in [1.54, 1.807) is 14.2 Å². The number of amides is 1. The van der Waals surface area contributed by atoms with Gasteiger partial charge in [-0.2, -0.15) is 0 Å². The molecule has 28 heavy (non-hydrogen) atoms. The zero-order valence-electron chi connectivity index (χ0n) is 16.8. The number of nitrogens with zero attached hydrogens (tertiary/aromatic N) is 1. The average molecular weight is 384 g/mol. The van der Waals surface area contributed by atoms with Crippen LogP contribution in [0.15, 0.2) is 47.5 Å². The number of carbonyl (C=O) groups excluding carboxylic acids is 1. The molecular formula is C21H28N4O3. The van der Waals surface area contributed by atoms with Gasteiger partial charge >= 0.3 is 0 Å². The lowest BCUT2D eigenvalue weighted by Crippen LogP contribution is -2.32. The van der Waals surface area contributed by atoms with E-state index in [-0.39, 0.29) is 5.91 Å². The van der Waals surface area contributed by atoms with E-state index in [2.05, 4.69) is 20.9 Å². The highest BCUT2D eigenvalue weighted by Gasteiger charge is 2.07. The molecule has 0 heterocycles. The molecular weight excluding hydrogens is 356 g/mol. The Bertz CT molecular complexity index is 804. The summed E-state index contributed by atoms with van der Waals surface area (Å²) in [5, 5.41) is 9.29. The van der Waals surface area contributed by atoms with Crippen molar-refractivity contribution < 1.29 is 14.3 Å². The minimum atomic E-state index is -0.0739. The average Bonchev–Trinajstić information content (AvgIpc) is 2.69. The molecule has 0 atom stereocenters. The standard InChI is InChI=1S/C21H28N4O3/c1-5-28-19-11-10-18(14-20(19)27-4)25-21(22-3)23-13-12-16-6-8-17(9-7-16)24-15(2)26/h6-11,14H,5,12-13H2,1-4H3,(H,24,26)(H2,22,23,25). The number of anilines is 2. The highest BCUT2D eigenvalue weighted by Crippen LogP contribution is 2.30. The van der Waals surface area contributed by atoms with E-state index in [9.17, 15) is 4.79 Å². The third-order valence-electron chi connectivity index (χ3n) is 3.93. The highest BCUT2D eigenvalue weighted by molar-refractivity contribution is 5.93. The molecule has 7 nitrogen and oxygen atoms in total. The summed E-state index contributed by atoms with van der Waals surface area (Å²) in [4.78, 5) is 15.3. The van der Waals surface area contributed by atoms with E-state index < -0.39 is 0 Å². The Hall–Kier alpha value is -3.22. The van der Waals surface area contributed by atoms with Crippen LogP contribution in [0.5, 0.6) is 11.5 Å². The third-order valence-corrected chi connectivity index (χ3v) is 3.93. The molecule has 0 aliphatic heterocycles. The number of carbonyl (C=O) groups is 1. The Morgan fingerprint density at radius 2 is 1.75 bits per heavy atom. The first-order valence-corrected chi connectivity index (χ1v) is 9.20. The predicted octanol–water partition coefficient (Wildman–Crippen LogP) is 3.28. The number of ether oxygens (including phenoxy) is 2. The topological polar surface area (TPSA) is 84.0 Å². The van der Waals surface area contributed by atoms with Crippen LogP contribution in [-0.2, 0) is 11.2 Å². The molecule has 0 spiro atoms. The van der Waals surface area contributed by atoms with Gasteiger partial charge in [-0.25, -0.2) is 0 Å². The van der Waals surface area contributed by atoms with Gasteiger partial charge in [0, 0.05) is 38.0 Å². The van der Waals surface area contributed by atoms with E-state index in [4.69, 9.17) is 9.47 Å². The number of aliphatic imine (C=N–C) groups is 1. The first kappa shape index (κ1) is 21.1. The highest BCUT2D eigenvalue weighted by atomic mass is 16.5. The molecule has 0 aliphatic rings. The maximum atomic E-state index is 11.1. The van der Waals surface area contributed by atoms with Crippen molar-refractivity contribution in [3.05, 3.63) is 48.0 Å². The zero-order chi connectivity index (χ0) is 20.4. The fourth-order valence-corrected chi connectivity index (χ4v) is 2.62. The summed E-state index contributed by atoms with van der Waals surface area (Å²) in [7, 11) is 3.34. The summed E-state index contributed by atoms with van der Waals surface area (Å²) in [6.45, 7) is 4.73. The molecule has 7 heteroatoms. The Morgan fingerprint density at radius 3 is 2.36 bits per heavy atom. The Balaban J connectivity index is 1.88. The number of nitrogens with one attached hydrogen (secondary N) is 3. The van der Waals surface area contributed by atoms with Crippen LogP contribution in [0.1, 0.15) is 19.4 Å². The van der Waals surface area contributed by atoms with Crippen LogP contribution in [0.3, 0.4) is 0 Å². The zero-order valence-corrected chi connectivity index (χ0v) is 16.8. The lowest BCUT2D eigenvalue weighted by atomic mass is 10.1. The van der Waals surface area contributed by atoms with Gasteiger partial charge in [0.2, 0.25) is 5.91 Å².